The van der Waals surface area contributed by atoms with Gasteiger partial charge in [0.1, 0.15) is 5.82 Å². The molecule has 0 heterocycles. The van der Waals surface area contributed by atoms with E-state index in [2.05, 4.69) is 15.9 Å². The molecular weight excluding hydrogens is 305 g/mol. The molecule has 0 bridgehead atoms. The van der Waals surface area contributed by atoms with Gasteiger partial charge in [0.2, 0.25) is 0 Å². The Kier molecular flexibility index (Phi) is 5.90. The van der Waals surface area contributed by atoms with Gasteiger partial charge in [-0.05, 0) is 40.8 Å². The Morgan fingerprint density at radius 1 is 1.24 bits per heavy atom. The smallest absolute Gasteiger partial charge is 0.142 e. The van der Waals surface area contributed by atoms with Gasteiger partial charge in [-0.25, -0.2) is 4.39 Å². The predicted molar refractivity (Wildman–Crippen MR) is 74.9 cm³/mol. The zero-order chi connectivity index (χ0) is 11.5. The van der Waals surface area contributed by atoms with Crippen LogP contribution in [0.3, 0.4) is 0 Å². The normalized spacial score (nSPS) is 18.5. The summed E-state index contributed by atoms with van der Waals surface area (Å²) in [5, 5.41) is 0. The molecule has 1 atom stereocenters. The molecule has 2 rings (SSSR count). The first-order chi connectivity index (χ1) is 7.70. The average Bonchev–Trinajstić information content (AvgIpc) is 2.33. The Labute approximate surface area is 117 Å². The summed E-state index contributed by atoms with van der Waals surface area (Å²) in [5.41, 5.74) is 6.83. The van der Waals surface area contributed by atoms with Gasteiger partial charge in [-0.15, -0.1) is 12.4 Å². The molecule has 0 saturated heterocycles. The van der Waals surface area contributed by atoms with Gasteiger partial charge in [-0.3, -0.25) is 0 Å². The largest absolute Gasteiger partial charge is 0.324 e. The van der Waals surface area contributed by atoms with E-state index >= 15 is 0 Å². The van der Waals surface area contributed by atoms with Gasteiger partial charge >= 0.3 is 0 Å². The fraction of sp³-hybridized carbons (Fsp3) is 0.538. The standard InChI is InChI=1S/C13H17BrFN.ClH/c14-11-8-4-7-10(12(11)15)13(16)9-5-2-1-3-6-9;/h4,7-9,13H,1-3,5-6,16H2;1H/t13-;/m0./s1. The summed E-state index contributed by atoms with van der Waals surface area (Å²) < 4.78 is 14.4. The van der Waals surface area contributed by atoms with Crippen molar-refractivity contribution in [2.24, 2.45) is 11.7 Å². The average molecular weight is 323 g/mol. The van der Waals surface area contributed by atoms with Crippen LogP contribution in [0.5, 0.6) is 0 Å². The molecule has 0 aromatic heterocycles. The summed E-state index contributed by atoms with van der Waals surface area (Å²) in [6.45, 7) is 0. The van der Waals surface area contributed by atoms with Gasteiger partial charge in [-0.2, -0.15) is 0 Å². The highest BCUT2D eigenvalue weighted by molar-refractivity contribution is 9.10. The van der Waals surface area contributed by atoms with Gasteiger partial charge in [-0.1, -0.05) is 31.4 Å². The third-order valence-electron chi connectivity index (χ3n) is 3.50. The second-order valence-corrected chi connectivity index (χ2v) is 5.42. The van der Waals surface area contributed by atoms with Crippen LogP contribution in [0, 0.1) is 11.7 Å². The first-order valence-electron chi connectivity index (χ1n) is 5.89. The monoisotopic (exact) mass is 321 g/mol. The fourth-order valence-corrected chi connectivity index (χ4v) is 2.91. The first kappa shape index (κ1) is 14.9. The summed E-state index contributed by atoms with van der Waals surface area (Å²) in [7, 11) is 0. The van der Waals surface area contributed by atoms with Crippen molar-refractivity contribution in [2.75, 3.05) is 0 Å². The molecule has 1 saturated carbocycles. The summed E-state index contributed by atoms with van der Waals surface area (Å²) in [6.07, 6.45) is 6.02. The van der Waals surface area contributed by atoms with Crippen molar-refractivity contribution in [3.8, 4) is 0 Å². The highest BCUT2D eigenvalue weighted by Gasteiger charge is 2.24. The van der Waals surface area contributed by atoms with Crippen LogP contribution in [-0.4, -0.2) is 0 Å². The first-order valence-corrected chi connectivity index (χ1v) is 6.69. The maximum absolute atomic E-state index is 13.9. The second-order valence-electron chi connectivity index (χ2n) is 4.57. The predicted octanol–water partition coefficient (Wildman–Crippen LogP) is 4.59. The van der Waals surface area contributed by atoms with E-state index in [0.717, 1.165) is 12.8 Å². The Hall–Kier alpha value is -0.120. The molecule has 1 aliphatic rings. The van der Waals surface area contributed by atoms with Gasteiger partial charge in [0.25, 0.3) is 0 Å². The molecule has 96 valence electrons. The number of halogens is 3. The zero-order valence-electron chi connectivity index (χ0n) is 9.66. The lowest BCUT2D eigenvalue weighted by atomic mass is 9.81. The molecular formula is C13H18BrClFN. The third kappa shape index (κ3) is 3.43. The van der Waals surface area contributed by atoms with Crippen LogP contribution in [0.1, 0.15) is 43.7 Å². The lowest BCUT2D eigenvalue weighted by molar-refractivity contribution is 0.303. The molecule has 0 amide bonds. The molecule has 0 aliphatic heterocycles. The SMILES string of the molecule is Cl.N[C@H](c1cccc(Br)c1F)C1CCCCC1. The molecule has 0 radical (unpaired) electrons. The molecule has 1 aromatic rings. The molecule has 17 heavy (non-hydrogen) atoms. The van der Waals surface area contributed by atoms with Crippen molar-refractivity contribution < 1.29 is 4.39 Å². The molecule has 1 nitrogen and oxygen atoms in total. The highest BCUT2D eigenvalue weighted by Crippen LogP contribution is 2.34. The third-order valence-corrected chi connectivity index (χ3v) is 4.11. The van der Waals surface area contributed by atoms with E-state index < -0.39 is 0 Å². The van der Waals surface area contributed by atoms with Crippen LogP contribution in [-0.2, 0) is 0 Å². The lowest BCUT2D eigenvalue weighted by Gasteiger charge is -2.28. The Balaban J connectivity index is 0.00000144. The number of hydrogen-bond acceptors (Lipinski definition) is 1. The van der Waals surface area contributed by atoms with Crippen LogP contribution in [0.15, 0.2) is 22.7 Å². The molecule has 4 heteroatoms. The maximum atomic E-state index is 13.9. The van der Waals surface area contributed by atoms with Crippen LogP contribution in [0.2, 0.25) is 0 Å². The van der Waals surface area contributed by atoms with Crippen molar-refractivity contribution in [1.82, 2.24) is 0 Å². The van der Waals surface area contributed by atoms with Crippen LogP contribution < -0.4 is 5.73 Å². The fourth-order valence-electron chi connectivity index (χ4n) is 2.53. The van der Waals surface area contributed by atoms with Crippen LogP contribution >= 0.6 is 28.3 Å². The van der Waals surface area contributed by atoms with E-state index in [0.29, 0.717) is 16.0 Å². The van der Waals surface area contributed by atoms with E-state index in [9.17, 15) is 4.39 Å². The van der Waals surface area contributed by atoms with E-state index in [1.54, 1.807) is 12.1 Å². The topological polar surface area (TPSA) is 26.0 Å². The van der Waals surface area contributed by atoms with E-state index in [-0.39, 0.29) is 24.3 Å². The quantitative estimate of drug-likeness (QED) is 0.846. The lowest BCUT2D eigenvalue weighted by Crippen LogP contribution is -2.24. The van der Waals surface area contributed by atoms with Crippen molar-refractivity contribution in [1.29, 1.82) is 0 Å². The number of rotatable bonds is 2. The number of hydrogen-bond donors (Lipinski definition) is 1. The molecule has 0 spiro atoms. The van der Waals surface area contributed by atoms with Gasteiger partial charge in [0.15, 0.2) is 0 Å². The summed E-state index contributed by atoms with van der Waals surface area (Å²) >= 11 is 3.21. The summed E-state index contributed by atoms with van der Waals surface area (Å²) in [4.78, 5) is 0. The van der Waals surface area contributed by atoms with E-state index in [1.165, 1.54) is 19.3 Å². The maximum Gasteiger partial charge on any atom is 0.142 e. The van der Waals surface area contributed by atoms with E-state index in [4.69, 9.17) is 5.73 Å². The van der Waals surface area contributed by atoms with Crippen molar-refractivity contribution >= 4 is 28.3 Å². The molecule has 1 aromatic carbocycles. The Morgan fingerprint density at radius 2 is 1.88 bits per heavy atom. The minimum absolute atomic E-state index is 0. The van der Waals surface area contributed by atoms with Crippen LogP contribution in [0.25, 0.3) is 0 Å². The van der Waals surface area contributed by atoms with E-state index in [1.807, 2.05) is 6.07 Å². The van der Waals surface area contributed by atoms with Gasteiger partial charge in [0.05, 0.1) is 4.47 Å². The minimum Gasteiger partial charge on any atom is -0.324 e. The Bertz CT molecular complexity index is 366. The highest BCUT2D eigenvalue weighted by atomic mass is 79.9. The molecule has 0 unspecified atom stereocenters. The number of nitrogens with two attached hydrogens (primary N) is 1. The van der Waals surface area contributed by atoms with Crippen molar-refractivity contribution in [2.45, 2.75) is 38.1 Å². The molecule has 1 fully saturated rings. The molecule has 1 aliphatic carbocycles. The van der Waals surface area contributed by atoms with Gasteiger partial charge in [0, 0.05) is 11.6 Å². The van der Waals surface area contributed by atoms with Crippen molar-refractivity contribution in [3.63, 3.8) is 0 Å². The van der Waals surface area contributed by atoms with Crippen molar-refractivity contribution in [3.05, 3.63) is 34.1 Å². The van der Waals surface area contributed by atoms with Crippen LogP contribution in [0.4, 0.5) is 4.39 Å². The zero-order valence-corrected chi connectivity index (χ0v) is 12.1. The Morgan fingerprint density at radius 3 is 2.53 bits per heavy atom. The summed E-state index contributed by atoms with van der Waals surface area (Å²) in [6, 6.07) is 5.22. The molecule has 2 N–H and O–H groups in total. The van der Waals surface area contributed by atoms with Gasteiger partial charge < -0.3 is 5.73 Å². The summed E-state index contributed by atoms with van der Waals surface area (Å²) in [5.74, 6) is 0.248. The second kappa shape index (κ2) is 6.72. The number of benzene rings is 1. The minimum atomic E-state index is -0.194.